The van der Waals surface area contributed by atoms with Crippen LogP contribution >= 0.6 is 0 Å². The molecular formula is C16H21N3O4S. The standard InChI is InChI=1S/C16H21N3O4S/c20-15-9-6-12-10-13(7-8-14(12)17-15)24(22,23)19-18-16(21)11-4-2-1-3-5-11/h7-8,10-11,19H,1-6,9H2,(H,17,20)(H,18,21). The quantitative estimate of drug-likeness (QED) is 0.714. The molecule has 3 N–H and O–H groups in total. The van der Waals surface area contributed by atoms with E-state index in [1.54, 1.807) is 6.07 Å². The van der Waals surface area contributed by atoms with Gasteiger partial charge in [-0.05, 0) is 43.0 Å². The second-order valence-corrected chi connectivity index (χ2v) is 7.98. The van der Waals surface area contributed by atoms with E-state index in [0.717, 1.165) is 37.7 Å². The summed E-state index contributed by atoms with van der Waals surface area (Å²) in [4.78, 5) is 25.6. The monoisotopic (exact) mass is 351 g/mol. The molecule has 1 heterocycles. The normalized spacial score (nSPS) is 18.6. The number of rotatable bonds is 4. The molecule has 24 heavy (non-hydrogen) atoms. The van der Waals surface area contributed by atoms with Crippen molar-refractivity contribution in [3.63, 3.8) is 0 Å². The van der Waals surface area contributed by atoms with Crippen molar-refractivity contribution in [3.8, 4) is 0 Å². The van der Waals surface area contributed by atoms with Crippen LogP contribution in [0.2, 0.25) is 0 Å². The predicted octanol–water partition coefficient (Wildman–Crippen LogP) is 1.46. The lowest BCUT2D eigenvalue weighted by Crippen LogP contribution is -2.44. The van der Waals surface area contributed by atoms with E-state index in [2.05, 4.69) is 15.6 Å². The fraction of sp³-hybridized carbons (Fsp3) is 0.500. The molecule has 130 valence electrons. The summed E-state index contributed by atoms with van der Waals surface area (Å²) in [6.07, 6.45) is 5.56. The van der Waals surface area contributed by atoms with Crippen molar-refractivity contribution in [3.05, 3.63) is 23.8 Å². The summed E-state index contributed by atoms with van der Waals surface area (Å²) in [5.41, 5.74) is 3.74. The molecule has 8 heteroatoms. The predicted molar refractivity (Wildman–Crippen MR) is 88.4 cm³/mol. The number of benzene rings is 1. The zero-order valence-corrected chi connectivity index (χ0v) is 14.1. The van der Waals surface area contributed by atoms with Crippen molar-refractivity contribution in [1.29, 1.82) is 0 Å². The number of amides is 2. The van der Waals surface area contributed by atoms with Gasteiger partial charge in [0, 0.05) is 18.0 Å². The highest BCUT2D eigenvalue weighted by molar-refractivity contribution is 7.89. The maximum atomic E-state index is 12.4. The van der Waals surface area contributed by atoms with Crippen LogP contribution in [-0.2, 0) is 26.0 Å². The topological polar surface area (TPSA) is 104 Å². The van der Waals surface area contributed by atoms with Crippen LogP contribution < -0.4 is 15.6 Å². The number of fused-ring (bicyclic) bond motifs is 1. The zero-order chi connectivity index (χ0) is 17.2. The first-order valence-electron chi connectivity index (χ1n) is 8.20. The maximum Gasteiger partial charge on any atom is 0.257 e. The van der Waals surface area contributed by atoms with E-state index in [-0.39, 0.29) is 22.6 Å². The Balaban J connectivity index is 1.67. The molecular weight excluding hydrogens is 330 g/mol. The minimum Gasteiger partial charge on any atom is -0.326 e. The minimum atomic E-state index is -3.84. The van der Waals surface area contributed by atoms with E-state index < -0.39 is 10.0 Å². The van der Waals surface area contributed by atoms with Crippen LogP contribution in [0, 0.1) is 5.92 Å². The lowest BCUT2D eigenvalue weighted by molar-refractivity contribution is -0.126. The first-order chi connectivity index (χ1) is 11.5. The molecule has 1 fully saturated rings. The molecule has 2 amide bonds. The molecule has 0 atom stereocenters. The lowest BCUT2D eigenvalue weighted by Gasteiger charge is -2.21. The van der Waals surface area contributed by atoms with Crippen LogP contribution in [0.5, 0.6) is 0 Å². The van der Waals surface area contributed by atoms with Gasteiger partial charge in [-0.2, -0.15) is 0 Å². The number of aryl methyl sites for hydroxylation is 1. The average Bonchev–Trinajstić information content (AvgIpc) is 2.60. The summed E-state index contributed by atoms with van der Waals surface area (Å²) in [6, 6.07) is 4.52. The second kappa shape index (κ2) is 6.90. The summed E-state index contributed by atoms with van der Waals surface area (Å²) in [7, 11) is -3.84. The van der Waals surface area contributed by atoms with E-state index in [1.165, 1.54) is 12.1 Å². The van der Waals surface area contributed by atoms with Crippen LogP contribution in [0.3, 0.4) is 0 Å². The average molecular weight is 351 g/mol. The molecule has 0 unspecified atom stereocenters. The maximum absolute atomic E-state index is 12.4. The molecule has 0 spiro atoms. The van der Waals surface area contributed by atoms with Crippen LogP contribution in [0.15, 0.2) is 23.1 Å². The van der Waals surface area contributed by atoms with Gasteiger partial charge in [-0.3, -0.25) is 15.0 Å². The molecule has 0 radical (unpaired) electrons. The summed E-state index contributed by atoms with van der Waals surface area (Å²) in [5.74, 6) is -0.473. The van der Waals surface area contributed by atoms with Crippen LogP contribution in [0.4, 0.5) is 5.69 Å². The van der Waals surface area contributed by atoms with Gasteiger partial charge < -0.3 is 5.32 Å². The Kier molecular flexibility index (Phi) is 4.86. The van der Waals surface area contributed by atoms with E-state index in [4.69, 9.17) is 0 Å². The molecule has 1 aliphatic carbocycles. The molecule has 0 aromatic heterocycles. The molecule has 2 aliphatic rings. The third-order valence-electron chi connectivity index (χ3n) is 4.57. The minimum absolute atomic E-state index is 0.0707. The van der Waals surface area contributed by atoms with Gasteiger partial charge in [-0.25, -0.2) is 8.42 Å². The second-order valence-electron chi connectivity index (χ2n) is 6.30. The first kappa shape index (κ1) is 16.9. The van der Waals surface area contributed by atoms with Gasteiger partial charge in [0.15, 0.2) is 0 Å². The number of hydrazine groups is 1. The van der Waals surface area contributed by atoms with Gasteiger partial charge in [-0.1, -0.05) is 19.3 Å². The Labute approximate surface area is 141 Å². The highest BCUT2D eigenvalue weighted by atomic mass is 32.2. The number of hydrogen-bond acceptors (Lipinski definition) is 4. The third kappa shape index (κ3) is 3.76. The van der Waals surface area contributed by atoms with E-state index in [0.29, 0.717) is 18.5 Å². The van der Waals surface area contributed by atoms with Crippen molar-refractivity contribution in [2.24, 2.45) is 5.92 Å². The van der Waals surface area contributed by atoms with Crippen molar-refractivity contribution in [2.75, 3.05) is 5.32 Å². The van der Waals surface area contributed by atoms with Gasteiger partial charge in [0.1, 0.15) is 0 Å². The summed E-state index contributed by atoms with van der Waals surface area (Å²) in [6.45, 7) is 0. The van der Waals surface area contributed by atoms with Crippen molar-refractivity contribution in [1.82, 2.24) is 10.3 Å². The largest absolute Gasteiger partial charge is 0.326 e. The Hall–Kier alpha value is -1.93. The molecule has 3 rings (SSSR count). The van der Waals surface area contributed by atoms with E-state index in [9.17, 15) is 18.0 Å². The van der Waals surface area contributed by atoms with Crippen molar-refractivity contribution in [2.45, 2.75) is 49.8 Å². The Morgan fingerprint density at radius 2 is 1.88 bits per heavy atom. The zero-order valence-electron chi connectivity index (χ0n) is 13.3. The van der Waals surface area contributed by atoms with Gasteiger partial charge in [0.2, 0.25) is 11.8 Å². The Bertz CT molecular complexity index is 755. The fourth-order valence-corrected chi connectivity index (χ4v) is 4.07. The van der Waals surface area contributed by atoms with Gasteiger partial charge in [-0.15, -0.1) is 4.83 Å². The number of hydrogen-bond donors (Lipinski definition) is 3. The molecule has 1 aromatic carbocycles. The summed E-state index contributed by atoms with van der Waals surface area (Å²) >= 11 is 0. The number of carbonyl (C=O) groups excluding carboxylic acids is 2. The van der Waals surface area contributed by atoms with Crippen molar-refractivity contribution < 1.29 is 18.0 Å². The Morgan fingerprint density at radius 3 is 2.62 bits per heavy atom. The molecule has 0 saturated heterocycles. The molecule has 0 bridgehead atoms. The highest BCUT2D eigenvalue weighted by Gasteiger charge is 2.24. The fourth-order valence-electron chi connectivity index (χ4n) is 3.17. The van der Waals surface area contributed by atoms with Crippen LogP contribution in [0.25, 0.3) is 0 Å². The number of sulfonamides is 1. The Morgan fingerprint density at radius 1 is 1.12 bits per heavy atom. The lowest BCUT2D eigenvalue weighted by atomic mass is 9.89. The molecule has 1 aromatic rings. The van der Waals surface area contributed by atoms with Gasteiger partial charge >= 0.3 is 0 Å². The van der Waals surface area contributed by atoms with E-state index in [1.807, 2.05) is 0 Å². The number of carbonyl (C=O) groups is 2. The molecule has 1 aliphatic heterocycles. The van der Waals surface area contributed by atoms with Crippen LogP contribution in [-0.4, -0.2) is 20.2 Å². The third-order valence-corrected chi connectivity index (χ3v) is 5.81. The number of nitrogens with one attached hydrogen (secondary N) is 3. The molecule has 7 nitrogen and oxygen atoms in total. The smallest absolute Gasteiger partial charge is 0.257 e. The highest BCUT2D eigenvalue weighted by Crippen LogP contribution is 2.26. The van der Waals surface area contributed by atoms with E-state index >= 15 is 0 Å². The van der Waals surface area contributed by atoms with Crippen LogP contribution in [0.1, 0.15) is 44.1 Å². The SMILES string of the molecule is O=C1CCc2cc(S(=O)(=O)NNC(=O)C3CCCCC3)ccc2N1. The van der Waals surface area contributed by atoms with Gasteiger partial charge in [0.05, 0.1) is 4.90 Å². The van der Waals surface area contributed by atoms with Crippen molar-refractivity contribution >= 4 is 27.5 Å². The summed E-state index contributed by atoms with van der Waals surface area (Å²) < 4.78 is 24.7. The summed E-state index contributed by atoms with van der Waals surface area (Å²) in [5, 5.41) is 2.71. The molecule has 1 saturated carbocycles. The van der Waals surface area contributed by atoms with Gasteiger partial charge in [0.25, 0.3) is 10.0 Å². The first-order valence-corrected chi connectivity index (χ1v) is 9.68. The number of anilines is 1.